The van der Waals surface area contributed by atoms with Gasteiger partial charge in [-0.05, 0) is 25.5 Å². The number of benzene rings is 1. The molecule has 74 valence electrons. The first-order valence-electron chi connectivity index (χ1n) is 5.03. The van der Waals surface area contributed by atoms with E-state index in [1.54, 1.807) is 0 Å². The molecule has 2 aromatic rings. The van der Waals surface area contributed by atoms with Gasteiger partial charge in [0.1, 0.15) is 5.75 Å². The highest BCUT2D eigenvalue weighted by molar-refractivity contribution is 5.87. The predicted octanol–water partition coefficient (Wildman–Crippen LogP) is 3.27. The molecule has 0 saturated carbocycles. The zero-order valence-corrected chi connectivity index (χ0v) is 8.63. The van der Waals surface area contributed by atoms with Crippen LogP contribution >= 0.6 is 0 Å². The number of aromatic nitrogens is 1. The van der Waals surface area contributed by atoms with E-state index in [1.165, 1.54) is 5.39 Å². The summed E-state index contributed by atoms with van der Waals surface area (Å²) >= 11 is 0. The lowest BCUT2D eigenvalue weighted by Crippen LogP contribution is -1.95. The monoisotopic (exact) mass is 189 g/mol. The summed E-state index contributed by atoms with van der Waals surface area (Å²) in [5.74, 6) is 1.00. The summed E-state index contributed by atoms with van der Waals surface area (Å²) in [6, 6.07) is 8.22. The van der Waals surface area contributed by atoms with Gasteiger partial charge in [-0.3, -0.25) is 0 Å². The van der Waals surface area contributed by atoms with Crippen LogP contribution in [0.3, 0.4) is 0 Å². The van der Waals surface area contributed by atoms with E-state index in [0.717, 1.165) is 30.0 Å². The summed E-state index contributed by atoms with van der Waals surface area (Å²) in [6.45, 7) is 4.94. The van der Waals surface area contributed by atoms with Crippen LogP contribution in [0.2, 0.25) is 0 Å². The van der Waals surface area contributed by atoms with Crippen molar-refractivity contribution in [3.63, 3.8) is 0 Å². The Labute approximate surface area is 83.9 Å². The van der Waals surface area contributed by atoms with Crippen LogP contribution < -0.4 is 4.74 Å². The van der Waals surface area contributed by atoms with Crippen LogP contribution in [0.5, 0.6) is 5.75 Å². The fourth-order valence-corrected chi connectivity index (χ4v) is 1.64. The molecule has 0 spiro atoms. The largest absolute Gasteiger partial charge is 0.491 e. The Morgan fingerprint density at radius 2 is 2.07 bits per heavy atom. The SMILES string of the molecule is CCCOc1c(C)[nH]c2ccccc12. The van der Waals surface area contributed by atoms with Crippen molar-refractivity contribution < 1.29 is 4.74 Å². The van der Waals surface area contributed by atoms with Crippen LogP contribution in [0.1, 0.15) is 19.0 Å². The van der Waals surface area contributed by atoms with Crippen molar-refractivity contribution in [3.05, 3.63) is 30.0 Å². The Balaban J connectivity index is 2.45. The van der Waals surface area contributed by atoms with Crippen molar-refractivity contribution >= 4 is 10.9 Å². The molecule has 2 nitrogen and oxygen atoms in total. The molecule has 0 fully saturated rings. The van der Waals surface area contributed by atoms with Gasteiger partial charge in [0.25, 0.3) is 0 Å². The summed E-state index contributed by atoms with van der Waals surface area (Å²) in [5.41, 5.74) is 2.26. The minimum Gasteiger partial charge on any atom is -0.491 e. The van der Waals surface area contributed by atoms with Gasteiger partial charge in [-0.1, -0.05) is 19.1 Å². The summed E-state index contributed by atoms with van der Waals surface area (Å²) < 4.78 is 5.71. The lowest BCUT2D eigenvalue weighted by Gasteiger charge is -2.03. The molecule has 2 heteroatoms. The van der Waals surface area contributed by atoms with Crippen molar-refractivity contribution in [2.24, 2.45) is 0 Å². The summed E-state index contributed by atoms with van der Waals surface area (Å²) in [4.78, 5) is 3.31. The minimum atomic E-state index is 0.780. The van der Waals surface area contributed by atoms with Gasteiger partial charge in [-0.25, -0.2) is 0 Å². The second kappa shape index (κ2) is 3.74. The Kier molecular flexibility index (Phi) is 2.44. The van der Waals surface area contributed by atoms with Crippen LogP contribution in [0.15, 0.2) is 24.3 Å². The number of hydrogen-bond donors (Lipinski definition) is 1. The lowest BCUT2D eigenvalue weighted by molar-refractivity contribution is 0.319. The van der Waals surface area contributed by atoms with E-state index in [9.17, 15) is 0 Å². The summed E-state index contributed by atoms with van der Waals surface area (Å²) in [7, 11) is 0. The highest BCUT2D eigenvalue weighted by Gasteiger charge is 2.07. The minimum absolute atomic E-state index is 0.780. The molecule has 0 atom stereocenters. The molecule has 0 aliphatic rings. The van der Waals surface area contributed by atoms with E-state index in [2.05, 4.69) is 24.0 Å². The van der Waals surface area contributed by atoms with E-state index < -0.39 is 0 Å². The molecule has 1 heterocycles. The van der Waals surface area contributed by atoms with E-state index in [-0.39, 0.29) is 0 Å². The Morgan fingerprint density at radius 1 is 1.29 bits per heavy atom. The topological polar surface area (TPSA) is 25.0 Å². The van der Waals surface area contributed by atoms with Gasteiger partial charge in [-0.15, -0.1) is 0 Å². The number of H-pyrrole nitrogens is 1. The normalized spacial score (nSPS) is 10.7. The first-order valence-corrected chi connectivity index (χ1v) is 5.03. The average molecular weight is 189 g/mol. The number of para-hydroxylation sites is 1. The lowest BCUT2D eigenvalue weighted by atomic mass is 10.2. The van der Waals surface area contributed by atoms with Crippen molar-refractivity contribution in [2.45, 2.75) is 20.3 Å². The molecule has 1 N–H and O–H groups in total. The van der Waals surface area contributed by atoms with Gasteiger partial charge in [0.05, 0.1) is 12.3 Å². The molecule has 0 saturated heterocycles. The second-order valence-corrected chi connectivity index (χ2v) is 3.47. The number of rotatable bonds is 3. The number of nitrogens with one attached hydrogen (secondary N) is 1. The fraction of sp³-hybridized carbons (Fsp3) is 0.333. The maximum absolute atomic E-state index is 5.71. The number of aromatic amines is 1. The zero-order valence-electron chi connectivity index (χ0n) is 8.63. The molecule has 1 aromatic carbocycles. The third-order valence-electron chi connectivity index (χ3n) is 2.28. The van der Waals surface area contributed by atoms with Gasteiger partial charge in [0, 0.05) is 10.9 Å². The third kappa shape index (κ3) is 1.48. The van der Waals surface area contributed by atoms with Crippen LogP contribution in [-0.4, -0.2) is 11.6 Å². The average Bonchev–Trinajstić information content (AvgIpc) is 2.51. The zero-order chi connectivity index (χ0) is 9.97. The molecule has 0 radical (unpaired) electrons. The molecular formula is C12H15NO. The number of fused-ring (bicyclic) bond motifs is 1. The molecule has 1 aromatic heterocycles. The molecule has 0 bridgehead atoms. The van der Waals surface area contributed by atoms with Crippen molar-refractivity contribution in [1.82, 2.24) is 4.98 Å². The summed E-state index contributed by atoms with van der Waals surface area (Å²) in [6.07, 6.45) is 1.04. The van der Waals surface area contributed by atoms with Crippen LogP contribution in [0.4, 0.5) is 0 Å². The fourth-order valence-electron chi connectivity index (χ4n) is 1.64. The highest BCUT2D eigenvalue weighted by Crippen LogP contribution is 2.29. The Morgan fingerprint density at radius 3 is 2.86 bits per heavy atom. The van der Waals surface area contributed by atoms with Gasteiger partial charge in [0.2, 0.25) is 0 Å². The van der Waals surface area contributed by atoms with Gasteiger partial charge < -0.3 is 9.72 Å². The molecule has 0 aliphatic carbocycles. The van der Waals surface area contributed by atoms with E-state index >= 15 is 0 Å². The molecular weight excluding hydrogens is 174 g/mol. The first kappa shape index (κ1) is 9.13. The van der Waals surface area contributed by atoms with Crippen molar-refractivity contribution in [1.29, 1.82) is 0 Å². The van der Waals surface area contributed by atoms with Gasteiger partial charge in [0.15, 0.2) is 0 Å². The van der Waals surface area contributed by atoms with Crippen molar-refractivity contribution in [3.8, 4) is 5.75 Å². The molecule has 14 heavy (non-hydrogen) atoms. The van der Waals surface area contributed by atoms with E-state index in [1.807, 2.05) is 19.1 Å². The maximum Gasteiger partial charge on any atom is 0.147 e. The van der Waals surface area contributed by atoms with Crippen LogP contribution in [0, 0.1) is 6.92 Å². The van der Waals surface area contributed by atoms with Crippen molar-refractivity contribution in [2.75, 3.05) is 6.61 Å². The van der Waals surface area contributed by atoms with E-state index in [0.29, 0.717) is 0 Å². The molecule has 0 unspecified atom stereocenters. The third-order valence-corrected chi connectivity index (χ3v) is 2.28. The molecule has 2 rings (SSSR count). The standard InChI is InChI=1S/C12H15NO/c1-3-8-14-12-9(2)13-11-7-5-4-6-10(11)12/h4-7,13H,3,8H2,1-2H3. The second-order valence-electron chi connectivity index (χ2n) is 3.47. The Hall–Kier alpha value is -1.44. The number of aryl methyl sites for hydroxylation is 1. The number of ether oxygens (including phenoxy) is 1. The van der Waals surface area contributed by atoms with E-state index in [4.69, 9.17) is 4.74 Å². The van der Waals surface area contributed by atoms with Gasteiger partial charge in [-0.2, -0.15) is 0 Å². The van der Waals surface area contributed by atoms with Gasteiger partial charge >= 0.3 is 0 Å². The predicted molar refractivity (Wildman–Crippen MR) is 58.8 cm³/mol. The smallest absolute Gasteiger partial charge is 0.147 e. The summed E-state index contributed by atoms with van der Waals surface area (Å²) in [5, 5.41) is 1.18. The van der Waals surface area contributed by atoms with Crippen LogP contribution in [-0.2, 0) is 0 Å². The highest BCUT2D eigenvalue weighted by atomic mass is 16.5. The number of hydrogen-bond acceptors (Lipinski definition) is 1. The molecule has 0 aliphatic heterocycles. The first-order chi connectivity index (χ1) is 6.83. The molecule has 0 amide bonds. The quantitative estimate of drug-likeness (QED) is 0.787. The van der Waals surface area contributed by atoms with Crippen LogP contribution in [0.25, 0.3) is 10.9 Å². The Bertz CT molecular complexity index is 431. The maximum atomic E-state index is 5.71.